The molecular weight excluding hydrogens is 148 g/mol. The number of hydrogen-bond acceptors (Lipinski definition) is 4. The van der Waals surface area contributed by atoms with Crippen LogP contribution in [0.3, 0.4) is 0 Å². The maximum Gasteiger partial charge on any atom is 0.340 e. The minimum Gasteiger partial charge on any atom is -0.493 e. The molecule has 0 unspecified atom stereocenters. The molecule has 0 atom stereocenters. The summed E-state index contributed by atoms with van der Waals surface area (Å²) in [5.74, 6) is -0.436. The van der Waals surface area contributed by atoms with Crippen LogP contribution in [0, 0.1) is 0 Å². The predicted molar refractivity (Wildman–Crippen MR) is 36.3 cm³/mol. The van der Waals surface area contributed by atoms with E-state index in [2.05, 4.69) is 4.74 Å². The third-order valence-corrected chi connectivity index (χ3v) is 1.13. The summed E-state index contributed by atoms with van der Waals surface area (Å²) in [4.78, 5) is 10.8. The lowest BCUT2D eigenvalue weighted by atomic mass is 10.3. The zero-order valence-corrected chi connectivity index (χ0v) is 6.07. The summed E-state index contributed by atoms with van der Waals surface area (Å²) in [5.41, 5.74) is 0.359. The smallest absolute Gasteiger partial charge is 0.340 e. The Bertz CT molecular complexity index is 204. The largest absolute Gasteiger partial charge is 0.493 e. The van der Waals surface area contributed by atoms with Crippen molar-refractivity contribution < 1.29 is 19.0 Å². The fraction of sp³-hybridized carbons (Fsp3) is 0.286. The van der Waals surface area contributed by atoms with Crippen LogP contribution < -0.4 is 0 Å². The van der Waals surface area contributed by atoms with Gasteiger partial charge in [-0.1, -0.05) is 0 Å². The van der Waals surface area contributed by atoms with Crippen LogP contribution in [0.1, 0.15) is 0 Å². The molecule has 0 spiro atoms. The first-order valence-corrected chi connectivity index (χ1v) is 3.04. The van der Waals surface area contributed by atoms with E-state index < -0.39 is 5.97 Å². The van der Waals surface area contributed by atoms with Gasteiger partial charge in [0.25, 0.3) is 0 Å². The van der Waals surface area contributed by atoms with Crippen LogP contribution in [-0.4, -0.2) is 19.7 Å². The molecule has 0 bridgehead atoms. The van der Waals surface area contributed by atoms with Gasteiger partial charge in [0.2, 0.25) is 0 Å². The average molecular weight is 156 g/mol. The molecule has 0 aromatic heterocycles. The van der Waals surface area contributed by atoms with Crippen LogP contribution in [-0.2, 0) is 19.0 Å². The van der Waals surface area contributed by atoms with Gasteiger partial charge >= 0.3 is 5.97 Å². The van der Waals surface area contributed by atoms with Crippen molar-refractivity contribution in [1.29, 1.82) is 0 Å². The van der Waals surface area contributed by atoms with Gasteiger partial charge in [-0.3, -0.25) is 0 Å². The van der Waals surface area contributed by atoms with E-state index >= 15 is 0 Å². The number of carbonyl (C=O) groups is 1. The highest BCUT2D eigenvalue weighted by Crippen LogP contribution is 2.03. The number of esters is 1. The molecule has 1 aliphatic heterocycles. The van der Waals surface area contributed by atoms with E-state index in [9.17, 15) is 4.79 Å². The van der Waals surface area contributed by atoms with Gasteiger partial charge in [-0.2, -0.15) is 0 Å². The second-order valence-corrected chi connectivity index (χ2v) is 1.85. The third-order valence-electron chi connectivity index (χ3n) is 1.13. The first-order chi connectivity index (χ1) is 5.34. The summed E-state index contributed by atoms with van der Waals surface area (Å²) < 4.78 is 14.1. The lowest BCUT2D eigenvalue weighted by Gasteiger charge is -2.00. The maximum absolute atomic E-state index is 10.8. The number of hydrogen-bond donors (Lipinski definition) is 0. The molecule has 0 saturated heterocycles. The fourth-order valence-corrected chi connectivity index (χ4v) is 0.603. The fourth-order valence-electron chi connectivity index (χ4n) is 0.603. The zero-order chi connectivity index (χ0) is 8.10. The summed E-state index contributed by atoms with van der Waals surface area (Å²) >= 11 is 0. The first kappa shape index (κ1) is 7.65. The molecule has 11 heavy (non-hydrogen) atoms. The molecule has 4 heteroatoms. The van der Waals surface area contributed by atoms with Gasteiger partial charge in [0, 0.05) is 0 Å². The van der Waals surface area contributed by atoms with Crippen molar-refractivity contribution in [3.05, 3.63) is 24.4 Å². The molecule has 0 saturated carbocycles. The van der Waals surface area contributed by atoms with E-state index in [-0.39, 0.29) is 6.61 Å². The molecule has 1 heterocycles. The predicted octanol–water partition coefficient (Wildman–Crippen LogP) is 0.561. The van der Waals surface area contributed by atoms with Crippen molar-refractivity contribution in [2.45, 2.75) is 0 Å². The Hall–Kier alpha value is -1.45. The molecule has 0 fully saturated rings. The van der Waals surface area contributed by atoms with E-state index in [1.54, 1.807) is 0 Å². The minimum absolute atomic E-state index is 0.184. The molecule has 0 radical (unpaired) electrons. The minimum atomic E-state index is -0.436. The summed E-state index contributed by atoms with van der Waals surface area (Å²) in [6.07, 6.45) is 4.01. The van der Waals surface area contributed by atoms with Crippen molar-refractivity contribution in [3.8, 4) is 0 Å². The molecule has 0 aromatic carbocycles. The van der Waals surface area contributed by atoms with E-state index in [0.29, 0.717) is 5.57 Å². The maximum atomic E-state index is 10.8. The van der Waals surface area contributed by atoms with Gasteiger partial charge in [0.05, 0.1) is 7.11 Å². The molecule has 0 N–H and O–H groups in total. The van der Waals surface area contributed by atoms with Gasteiger partial charge in [0.15, 0.2) is 0 Å². The highest BCUT2D eigenvalue weighted by atomic mass is 16.5. The van der Waals surface area contributed by atoms with Gasteiger partial charge in [-0.05, 0) is 0 Å². The summed E-state index contributed by atoms with van der Waals surface area (Å²) in [7, 11) is 1.31. The highest BCUT2D eigenvalue weighted by Gasteiger charge is 2.10. The summed E-state index contributed by atoms with van der Waals surface area (Å²) in [6.45, 7) is 0.184. The third kappa shape index (κ3) is 2.00. The van der Waals surface area contributed by atoms with Gasteiger partial charge in [-0.25, -0.2) is 4.79 Å². The van der Waals surface area contributed by atoms with Crippen molar-refractivity contribution in [2.24, 2.45) is 0 Å². The quantitative estimate of drug-likeness (QED) is 0.520. The van der Waals surface area contributed by atoms with Crippen molar-refractivity contribution in [3.63, 3.8) is 0 Å². The molecule has 0 amide bonds. The number of carbonyl (C=O) groups excluding carboxylic acids is 1. The van der Waals surface area contributed by atoms with Crippen LogP contribution in [0.25, 0.3) is 0 Å². The Balaban J connectivity index is 2.58. The van der Waals surface area contributed by atoms with Crippen LogP contribution >= 0.6 is 0 Å². The topological polar surface area (TPSA) is 44.8 Å². The van der Waals surface area contributed by atoms with Crippen LogP contribution in [0.4, 0.5) is 0 Å². The second kappa shape index (κ2) is 3.65. The number of methoxy groups -OCH3 is 1. The second-order valence-electron chi connectivity index (χ2n) is 1.85. The standard InChI is InChI=1S/C7H8O4/c1-9-7(8)6-4-10-2-3-11-5-6/h2-4H,5H2,1H3. The van der Waals surface area contributed by atoms with Crippen LogP contribution in [0.5, 0.6) is 0 Å². The molecule has 0 aromatic rings. The van der Waals surface area contributed by atoms with Crippen molar-refractivity contribution >= 4 is 5.97 Å². The summed E-state index contributed by atoms with van der Waals surface area (Å²) in [5, 5.41) is 0. The van der Waals surface area contributed by atoms with Gasteiger partial charge in [-0.15, -0.1) is 0 Å². The van der Waals surface area contributed by atoms with Crippen molar-refractivity contribution in [1.82, 2.24) is 0 Å². The Morgan fingerprint density at radius 2 is 2.45 bits per heavy atom. The Morgan fingerprint density at radius 1 is 1.64 bits per heavy atom. The van der Waals surface area contributed by atoms with Gasteiger partial charge < -0.3 is 14.2 Å². The highest BCUT2D eigenvalue weighted by molar-refractivity contribution is 5.88. The molecular formula is C7H8O4. The van der Waals surface area contributed by atoms with E-state index in [4.69, 9.17) is 9.47 Å². The first-order valence-electron chi connectivity index (χ1n) is 3.04. The molecule has 1 aliphatic rings. The molecule has 0 aliphatic carbocycles. The van der Waals surface area contributed by atoms with E-state index in [1.807, 2.05) is 0 Å². The SMILES string of the molecule is COC(=O)C1=COC=COC1. The molecule has 60 valence electrons. The molecule has 1 rings (SSSR count). The lowest BCUT2D eigenvalue weighted by Crippen LogP contribution is -2.08. The summed E-state index contributed by atoms with van der Waals surface area (Å²) in [6, 6.07) is 0. The molecule has 4 nitrogen and oxygen atoms in total. The van der Waals surface area contributed by atoms with E-state index in [1.165, 1.54) is 25.9 Å². The Labute approximate surface area is 64.0 Å². The number of rotatable bonds is 1. The van der Waals surface area contributed by atoms with Crippen LogP contribution in [0.15, 0.2) is 24.4 Å². The zero-order valence-electron chi connectivity index (χ0n) is 6.07. The van der Waals surface area contributed by atoms with Crippen molar-refractivity contribution in [2.75, 3.05) is 13.7 Å². The Kier molecular flexibility index (Phi) is 2.54. The van der Waals surface area contributed by atoms with Crippen LogP contribution in [0.2, 0.25) is 0 Å². The lowest BCUT2D eigenvalue weighted by molar-refractivity contribution is -0.136. The average Bonchev–Trinajstić information content (AvgIpc) is 2.30. The van der Waals surface area contributed by atoms with Gasteiger partial charge in [0.1, 0.15) is 31.0 Å². The number of ether oxygens (including phenoxy) is 3. The monoisotopic (exact) mass is 156 g/mol. The normalized spacial score (nSPS) is 15.5. The van der Waals surface area contributed by atoms with E-state index in [0.717, 1.165) is 0 Å². The Morgan fingerprint density at radius 3 is 3.18 bits per heavy atom.